The molecule has 0 aliphatic rings. The summed E-state index contributed by atoms with van der Waals surface area (Å²) in [6.45, 7) is 0. The topological polar surface area (TPSA) is 93.1 Å². The van der Waals surface area contributed by atoms with E-state index >= 15 is 0 Å². The minimum absolute atomic E-state index is 0.222. The van der Waals surface area contributed by atoms with Crippen LogP contribution in [0.15, 0.2) is 66.9 Å². The summed E-state index contributed by atoms with van der Waals surface area (Å²) in [5.41, 5.74) is 2.85. The number of hydrogen-bond donors (Lipinski definition) is 1. The van der Waals surface area contributed by atoms with Gasteiger partial charge in [0, 0.05) is 29.6 Å². The maximum Gasteiger partial charge on any atom is 0.276 e. The second-order valence-electron chi connectivity index (χ2n) is 7.61. The maximum atomic E-state index is 13.5. The fourth-order valence-corrected chi connectivity index (χ4v) is 3.81. The number of benzene rings is 3. The van der Waals surface area contributed by atoms with Gasteiger partial charge in [-0.2, -0.15) is 5.10 Å². The third kappa shape index (κ3) is 4.76. The lowest BCUT2D eigenvalue weighted by Crippen LogP contribution is -2.14. The van der Waals surface area contributed by atoms with Crippen molar-refractivity contribution in [1.82, 2.24) is 9.78 Å². The van der Waals surface area contributed by atoms with Crippen LogP contribution in [0.4, 0.5) is 5.69 Å². The molecule has 0 aliphatic heterocycles. The minimum atomic E-state index is -0.413. The highest BCUT2D eigenvalue weighted by atomic mass is 16.5. The van der Waals surface area contributed by atoms with Gasteiger partial charge in [0.1, 0.15) is 0 Å². The number of methoxy groups -OCH3 is 5. The zero-order valence-corrected chi connectivity index (χ0v) is 20.7. The molecule has 3 aromatic carbocycles. The molecule has 0 atom stereocenters. The largest absolute Gasteiger partial charge is 0.493 e. The average Bonchev–Trinajstić information content (AvgIpc) is 3.38. The van der Waals surface area contributed by atoms with Gasteiger partial charge in [0.25, 0.3) is 5.91 Å². The van der Waals surface area contributed by atoms with Gasteiger partial charge in [-0.25, -0.2) is 4.68 Å². The van der Waals surface area contributed by atoms with Crippen LogP contribution in [-0.2, 0) is 0 Å². The number of anilines is 1. The summed E-state index contributed by atoms with van der Waals surface area (Å²) in [6, 6.07) is 18.3. The maximum absolute atomic E-state index is 13.5. The molecule has 0 unspecified atom stereocenters. The number of amides is 1. The molecule has 0 radical (unpaired) electrons. The summed E-state index contributed by atoms with van der Waals surface area (Å²) in [5.74, 6) is 1.98. The first-order chi connectivity index (χ1) is 17.5. The van der Waals surface area contributed by atoms with E-state index < -0.39 is 5.91 Å². The molecule has 0 aliphatic carbocycles. The third-order valence-electron chi connectivity index (χ3n) is 5.57. The van der Waals surface area contributed by atoms with E-state index in [1.54, 1.807) is 49.4 Å². The molecule has 0 fully saturated rings. The van der Waals surface area contributed by atoms with Crippen molar-refractivity contribution in [2.45, 2.75) is 0 Å². The molecule has 4 aromatic rings. The fraction of sp³-hybridized carbons (Fsp3) is 0.185. The Hall–Kier alpha value is -4.66. The Labute approximate surface area is 209 Å². The first kappa shape index (κ1) is 24.5. The van der Waals surface area contributed by atoms with Crippen LogP contribution in [0.5, 0.6) is 28.7 Å². The van der Waals surface area contributed by atoms with Gasteiger partial charge in [0.05, 0.1) is 41.2 Å². The predicted octanol–water partition coefficient (Wildman–Crippen LogP) is 4.83. The van der Waals surface area contributed by atoms with Crippen molar-refractivity contribution in [3.8, 4) is 45.6 Å². The third-order valence-corrected chi connectivity index (χ3v) is 5.57. The molecule has 4 rings (SSSR count). The van der Waals surface area contributed by atoms with E-state index in [1.807, 2.05) is 36.4 Å². The first-order valence-corrected chi connectivity index (χ1v) is 11.0. The molecule has 186 valence electrons. The summed E-state index contributed by atoms with van der Waals surface area (Å²) >= 11 is 0. The van der Waals surface area contributed by atoms with E-state index in [0.717, 1.165) is 11.3 Å². The number of aromatic nitrogens is 2. The van der Waals surface area contributed by atoms with Crippen LogP contribution in [0.2, 0.25) is 0 Å². The number of nitrogens with zero attached hydrogens (tertiary/aromatic N) is 2. The highest BCUT2D eigenvalue weighted by Crippen LogP contribution is 2.40. The zero-order chi connectivity index (χ0) is 25.7. The quantitative estimate of drug-likeness (QED) is 0.360. The van der Waals surface area contributed by atoms with Gasteiger partial charge < -0.3 is 29.0 Å². The summed E-state index contributed by atoms with van der Waals surface area (Å²) < 4.78 is 28.7. The fourth-order valence-electron chi connectivity index (χ4n) is 3.81. The molecule has 9 heteroatoms. The molecule has 1 aromatic heterocycles. The van der Waals surface area contributed by atoms with E-state index in [1.165, 1.54) is 21.3 Å². The van der Waals surface area contributed by atoms with Crippen molar-refractivity contribution >= 4 is 11.6 Å². The number of ether oxygens (including phenoxy) is 5. The molecule has 36 heavy (non-hydrogen) atoms. The van der Waals surface area contributed by atoms with Crippen LogP contribution >= 0.6 is 0 Å². The molecule has 0 bridgehead atoms. The van der Waals surface area contributed by atoms with E-state index in [4.69, 9.17) is 23.7 Å². The smallest absolute Gasteiger partial charge is 0.276 e. The number of para-hydroxylation sites is 1. The van der Waals surface area contributed by atoms with Crippen LogP contribution < -0.4 is 29.0 Å². The summed E-state index contributed by atoms with van der Waals surface area (Å²) in [5, 5.41) is 7.51. The summed E-state index contributed by atoms with van der Waals surface area (Å²) in [4.78, 5) is 13.5. The van der Waals surface area contributed by atoms with Crippen LogP contribution in [0.25, 0.3) is 16.8 Å². The average molecular weight is 490 g/mol. The Morgan fingerprint density at radius 1 is 0.750 bits per heavy atom. The molecule has 1 heterocycles. The standard InChI is InChI=1S/C27H27N3O6/c1-32-21-12-11-17(13-22(21)33-2)20-16-30(19-9-7-6-8-10-19)29-25(20)27(31)28-18-14-23(34-3)26(36-5)24(15-18)35-4/h6-16H,1-5H3,(H,28,31). The van der Waals surface area contributed by atoms with Gasteiger partial charge in [-0.15, -0.1) is 0 Å². The zero-order valence-electron chi connectivity index (χ0n) is 20.7. The minimum Gasteiger partial charge on any atom is -0.493 e. The number of hydrogen-bond acceptors (Lipinski definition) is 7. The van der Waals surface area contributed by atoms with E-state index in [9.17, 15) is 4.79 Å². The van der Waals surface area contributed by atoms with Crippen molar-refractivity contribution in [3.63, 3.8) is 0 Å². The Kier molecular flexibility index (Phi) is 7.29. The van der Waals surface area contributed by atoms with Gasteiger partial charge in [-0.1, -0.05) is 24.3 Å². The molecular formula is C27H27N3O6. The van der Waals surface area contributed by atoms with Crippen LogP contribution in [0.3, 0.4) is 0 Å². The molecule has 0 saturated carbocycles. The number of carbonyl (C=O) groups is 1. The van der Waals surface area contributed by atoms with Crippen molar-refractivity contribution in [1.29, 1.82) is 0 Å². The number of carbonyl (C=O) groups excluding carboxylic acids is 1. The van der Waals surface area contributed by atoms with Gasteiger partial charge in [0.15, 0.2) is 28.7 Å². The molecule has 1 N–H and O–H groups in total. The summed E-state index contributed by atoms with van der Waals surface area (Å²) in [7, 11) is 7.68. The van der Waals surface area contributed by atoms with Crippen LogP contribution in [0.1, 0.15) is 10.5 Å². The second kappa shape index (κ2) is 10.7. The van der Waals surface area contributed by atoms with Crippen molar-refractivity contribution in [2.75, 3.05) is 40.9 Å². The number of rotatable bonds is 9. The Balaban J connectivity index is 1.79. The number of nitrogens with one attached hydrogen (secondary N) is 1. The van der Waals surface area contributed by atoms with Crippen molar-refractivity contribution < 1.29 is 28.5 Å². The molecule has 0 saturated heterocycles. The molecular weight excluding hydrogens is 462 g/mol. The first-order valence-electron chi connectivity index (χ1n) is 11.0. The van der Waals surface area contributed by atoms with Gasteiger partial charge in [-0.3, -0.25) is 4.79 Å². The second-order valence-corrected chi connectivity index (χ2v) is 7.61. The predicted molar refractivity (Wildman–Crippen MR) is 136 cm³/mol. The van der Waals surface area contributed by atoms with E-state index in [2.05, 4.69) is 10.4 Å². The van der Waals surface area contributed by atoms with Gasteiger partial charge in [0.2, 0.25) is 5.75 Å². The lowest BCUT2D eigenvalue weighted by atomic mass is 10.1. The Bertz CT molecular complexity index is 1340. The van der Waals surface area contributed by atoms with Crippen LogP contribution in [-0.4, -0.2) is 51.2 Å². The SMILES string of the molecule is COc1ccc(-c2cn(-c3ccccc3)nc2C(=O)Nc2cc(OC)c(OC)c(OC)c2)cc1OC. The Morgan fingerprint density at radius 3 is 1.97 bits per heavy atom. The normalized spacial score (nSPS) is 10.5. The highest BCUT2D eigenvalue weighted by Gasteiger charge is 2.22. The van der Waals surface area contributed by atoms with Crippen molar-refractivity contribution in [2.24, 2.45) is 0 Å². The monoisotopic (exact) mass is 489 g/mol. The van der Waals surface area contributed by atoms with Gasteiger partial charge in [-0.05, 0) is 29.8 Å². The molecule has 1 amide bonds. The molecule has 9 nitrogen and oxygen atoms in total. The van der Waals surface area contributed by atoms with Gasteiger partial charge >= 0.3 is 0 Å². The molecule has 0 spiro atoms. The summed E-state index contributed by atoms with van der Waals surface area (Å²) in [6.07, 6.45) is 1.81. The lowest BCUT2D eigenvalue weighted by Gasteiger charge is -2.14. The van der Waals surface area contributed by atoms with Crippen LogP contribution in [0, 0.1) is 0 Å². The highest BCUT2D eigenvalue weighted by molar-refractivity contribution is 6.07. The Morgan fingerprint density at radius 2 is 1.39 bits per heavy atom. The van der Waals surface area contributed by atoms with E-state index in [0.29, 0.717) is 40.0 Å². The lowest BCUT2D eigenvalue weighted by molar-refractivity contribution is 0.102. The van der Waals surface area contributed by atoms with Crippen molar-refractivity contribution in [3.05, 3.63) is 72.6 Å². The van der Waals surface area contributed by atoms with E-state index in [-0.39, 0.29) is 5.69 Å².